The molecule has 0 bridgehead atoms. The minimum Gasteiger partial charge on any atom is -0.480 e. The van der Waals surface area contributed by atoms with Crippen LogP contribution in [0.25, 0.3) is 0 Å². The molecule has 0 amide bonds. The third-order valence-electron chi connectivity index (χ3n) is 4.68. The minimum atomic E-state index is -4.42. The Morgan fingerprint density at radius 3 is 2.41 bits per heavy atom. The highest BCUT2D eigenvalue weighted by Gasteiger charge is 2.33. The van der Waals surface area contributed by atoms with Crippen molar-refractivity contribution in [3.8, 4) is 0 Å². The van der Waals surface area contributed by atoms with Crippen molar-refractivity contribution in [3.63, 3.8) is 0 Å². The van der Waals surface area contributed by atoms with Crippen LogP contribution in [0.1, 0.15) is 43.2 Å². The number of carboxylic acids is 1. The van der Waals surface area contributed by atoms with Gasteiger partial charge >= 0.3 is 19.3 Å². The summed E-state index contributed by atoms with van der Waals surface area (Å²) < 4.78 is 38.3. The van der Waals surface area contributed by atoms with E-state index >= 15 is 0 Å². The maximum atomic E-state index is 12.8. The van der Waals surface area contributed by atoms with Gasteiger partial charge in [0.15, 0.2) is 0 Å². The van der Waals surface area contributed by atoms with Crippen LogP contribution >= 0.6 is 11.6 Å². The van der Waals surface area contributed by atoms with E-state index in [-0.39, 0.29) is 24.2 Å². The first-order valence-electron chi connectivity index (χ1n) is 9.40. The molecule has 0 fully saturated rings. The van der Waals surface area contributed by atoms with Crippen LogP contribution in [0.2, 0.25) is 11.3 Å². The quantitative estimate of drug-likeness (QED) is 0.239. The molecule has 0 aliphatic carbocycles. The molecule has 11 heteroatoms. The van der Waals surface area contributed by atoms with Gasteiger partial charge in [0.05, 0.1) is 5.56 Å². The molecule has 164 valence electrons. The normalized spacial score (nSPS) is 13.9. The highest BCUT2D eigenvalue weighted by Crippen LogP contribution is 2.32. The molecule has 1 atom stereocenters. The van der Waals surface area contributed by atoms with Crippen LogP contribution < -0.4 is 11.1 Å². The first-order valence-corrected chi connectivity index (χ1v) is 9.78. The molecule has 0 aromatic heterocycles. The third kappa shape index (κ3) is 9.35. The fourth-order valence-corrected chi connectivity index (χ4v) is 3.10. The number of halogens is 4. The SMILES string of the molecule is NC(CCCCB(O)O)(CCNCCCc1cc(C(F)(F)F)ccc1Cl)C(=O)O. The summed E-state index contributed by atoms with van der Waals surface area (Å²) in [5.74, 6) is -1.13. The average Bonchev–Trinajstić information content (AvgIpc) is 2.61. The second-order valence-electron chi connectivity index (χ2n) is 7.10. The first kappa shape index (κ1) is 25.7. The van der Waals surface area contributed by atoms with Gasteiger partial charge in [-0.25, -0.2) is 0 Å². The number of aliphatic carboxylic acids is 1. The van der Waals surface area contributed by atoms with Crippen molar-refractivity contribution in [2.75, 3.05) is 13.1 Å². The lowest BCUT2D eigenvalue weighted by molar-refractivity contribution is -0.144. The van der Waals surface area contributed by atoms with Gasteiger partial charge in [0, 0.05) is 5.02 Å². The number of rotatable bonds is 13. The van der Waals surface area contributed by atoms with Crippen molar-refractivity contribution >= 4 is 24.7 Å². The minimum absolute atomic E-state index is 0.159. The van der Waals surface area contributed by atoms with Gasteiger partial charge in [0.25, 0.3) is 0 Å². The Hall–Kier alpha value is -1.33. The molecule has 0 heterocycles. The summed E-state index contributed by atoms with van der Waals surface area (Å²) in [6.07, 6.45) is -2.10. The van der Waals surface area contributed by atoms with Crippen molar-refractivity contribution in [1.29, 1.82) is 0 Å². The number of hydrogen-bond donors (Lipinski definition) is 5. The maximum absolute atomic E-state index is 12.8. The van der Waals surface area contributed by atoms with E-state index in [2.05, 4.69) is 5.32 Å². The van der Waals surface area contributed by atoms with Crippen molar-refractivity contribution in [2.24, 2.45) is 5.73 Å². The van der Waals surface area contributed by atoms with Crippen molar-refractivity contribution in [3.05, 3.63) is 34.3 Å². The molecule has 0 saturated heterocycles. The van der Waals surface area contributed by atoms with Gasteiger partial charge < -0.3 is 26.2 Å². The van der Waals surface area contributed by atoms with E-state index in [0.717, 1.165) is 12.1 Å². The molecule has 0 saturated carbocycles. The fraction of sp³-hybridized carbons (Fsp3) is 0.611. The predicted molar refractivity (Wildman–Crippen MR) is 106 cm³/mol. The zero-order valence-corrected chi connectivity index (χ0v) is 16.8. The number of aryl methyl sites for hydroxylation is 1. The van der Waals surface area contributed by atoms with E-state index in [0.29, 0.717) is 44.3 Å². The molecule has 0 spiro atoms. The van der Waals surface area contributed by atoms with Crippen LogP contribution in [0.15, 0.2) is 18.2 Å². The molecule has 29 heavy (non-hydrogen) atoms. The molecular weight excluding hydrogens is 411 g/mol. The second-order valence-corrected chi connectivity index (χ2v) is 7.50. The number of alkyl halides is 3. The first-order chi connectivity index (χ1) is 13.5. The van der Waals surface area contributed by atoms with E-state index in [4.69, 9.17) is 27.4 Å². The molecular formula is C18H27BClF3N2O4. The van der Waals surface area contributed by atoms with Gasteiger partial charge in [-0.1, -0.05) is 24.4 Å². The lowest BCUT2D eigenvalue weighted by Gasteiger charge is -2.25. The molecule has 0 radical (unpaired) electrons. The van der Waals surface area contributed by atoms with Crippen LogP contribution in [-0.2, 0) is 17.4 Å². The van der Waals surface area contributed by atoms with Crippen molar-refractivity contribution < 1.29 is 33.1 Å². The standard InChI is InChI=1S/C18H27BClF3N2O4/c20-15-6-5-14(18(21,22)23)12-13(15)4-3-10-25-11-8-17(24,16(26)27)7-1-2-9-19(28)29/h5-6,12,25,28-29H,1-4,7-11,24H2,(H,26,27). The Morgan fingerprint density at radius 1 is 1.14 bits per heavy atom. The molecule has 1 unspecified atom stereocenters. The summed E-state index contributed by atoms with van der Waals surface area (Å²) in [7, 11) is -1.42. The zero-order chi connectivity index (χ0) is 22.1. The van der Waals surface area contributed by atoms with Crippen LogP contribution in [0.3, 0.4) is 0 Å². The van der Waals surface area contributed by atoms with E-state index in [1.165, 1.54) is 6.07 Å². The molecule has 0 aliphatic rings. The van der Waals surface area contributed by atoms with Gasteiger partial charge in [-0.3, -0.25) is 4.79 Å². The number of nitrogens with two attached hydrogens (primary N) is 1. The summed E-state index contributed by atoms with van der Waals surface area (Å²) in [5.41, 5.74) is 4.20. The molecule has 1 rings (SSSR count). The van der Waals surface area contributed by atoms with Gasteiger partial charge in [0.2, 0.25) is 0 Å². The second kappa shape index (κ2) is 11.8. The highest BCUT2D eigenvalue weighted by atomic mass is 35.5. The van der Waals surface area contributed by atoms with Crippen LogP contribution in [0.4, 0.5) is 13.2 Å². The lowest BCUT2D eigenvalue weighted by atomic mass is 9.81. The van der Waals surface area contributed by atoms with E-state index < -0.39 is 30.4 Å². The Bertz CT molecular complexity index is 664. The van der Waals surface area contributed by atoms with Gasteiger partial charge in [-0.05, 0) is 68.9 Å². The van der Waals surface area contributed by atoms with Crippen LogP contribution in [0.5, 0.6) is 0 Å². The third-order valence-corrected chi connectivity index (χ3v) is 5.05. The Morgan fingerprint density at radius 2 is 1.83 bits per heavy atom. The number of benzene rings is 1. The lowest BCUT2D eigenvalue weighted by Crippen LogP contribution is -2.49. The summed E-state index contributed by atoms with van der Waals surface area (Å²) in [4.78, 5) is 11.4. The largest absolute Gasteiger partial charge is 0.480 e. The fourth-order valence-electron chi connectivity index (χ4n) is 2.89. The van der Waals surface area contributed by atoms with Gasteiger partial charge in [0.1, 0.15) is 5.54 Å². The smallest absolute Gasteiger partial charge is 0.451 e. The van der Waals surface area contributed by atoms with Crippen LogP contribution in [0, 0.1) is 0 Å². The van der Waals surface area contributed by atoms with E-state index in [1.807, 2.05) is 0 Å². The number of unbranched alkanes of at least 4 members (excludes halogenated alkanes) is 1. The Balaban J connectivity index is 2.39. The summed E-state index contributed by atoms with van der Waals surface area (Å²) in [5, 5.41) is 30.3. The summed E-state index contributed by atoms with van der Waals surface area (Å²) in [6.45, 7) is 0.806. The molecule has 1 aromatic rings. The van der Waals surface area contributed by atoms with Gasteiger partial charge in [-0.15, -0.1) is 0 Å². The molecule has 1 aromatic carbocycles. The monoisotopic (exact) mass is 438 g/mol. The topological polar surface area (TPSA) is 116 Å². The van der Waals surface area contributed by atoms with Crippen LogP contribution in [-0.4, -0.2) is 46.9 Å². The maximum Gasteiger partial charge on any atom is 0.451 e. The molecule has 0 aliphatic heterocycles. The van der Waals surface area contributed by atoms with E-state index in [9.17, 15) is 23.1 Å². The Kier molecular flexibility index (Phi) is 10.4. The number of hydrogen-bond acceptors (Lipinski definition) is 5. The van der Waals surface area contributed by atoms with Crippen molar-refractivity contribution in [1.82, 2.24) is 5.32 Å². The average molecular weight is 439 g/mol. The number of nitrogens with one attached hydrogen (secondary N) is 1. The van der Waals surface area contributed by atoms with E-state index in [1.54, 1.807) is 0 Å². The molecule has 6 N–H and O–H groups in total. The Labute approximate surface area is 173 Å². The van der Waals surface area contributed by atoms with Crippen molar-refractivity contribution in [2.45, 2.75) is 56.6 Å². The highest BCUT2D eigenvalue weighted by molar-refractivity contribution is 6.40. The number of carbonyl (C=O) groups is 1. The number of carboxylic acid groups (broad SMARTS) is 1. The molecule has 6 nitrogen and oxygen atoms in total. The zero-order valence-electron chi connectivity index (χ0n) is 16.0. The summed E-state index contributed by atoms with van der Waals surface area (Å²) >= 11 is 5.96. The van der Waals surface area contributed by atoms with Gasteiger partial charge in [-0.2, -0.15) is 13.2 Å². The predicted octanol–water partition coefficient (Wildman–Crippen LogP) is 2.70. The summed E-state index contributed by atoms with van der Waals surface area (Å²) in [6, 6.07) is 3.22.